The summed E-state index contributed by atoms with van der Waals surface area (Å²) in [6.45, 7) is 5.29. The predicted octanol–water partition coefficient (Wildman–Crippen LogP) is 10.6. The highest BCUT2D eigenvalue weighted by molar-refractivity contribution is 7.90. The minimum absolute atomic E-state index is 0.0221. The Morgan fingerprint density at radius 1 is 0.868 bits per heavy atom. The molecule has 1 saturated carbocycles. The number of carbonyl (C=O) groups is 3. The number of halogens is 1. The van der Waals surface area contributed by atoms with Crippen LogP contribution in [0.5, 0.6) is 5.75 Å². The molecule has 0 bridgehead atoms. The number of hydrogen-bond acceptors (Lipinski definition) is 9. The van der Waals surface area contributed by atoms with Crippen molar-refractivity contribution in [2.75, 3.05) is 32.1 Å². The van der Waals surface area contributed by atoms with E-state index in [0.29, 0.717) is 43.1 Å². The van der Waals surface area contributed by atoms with Crippen molar-refractivity contribution in [1.29, 1.82) is 0 Å². The van der Waals surface area contributed by atoms with E-state index >= 15 is 0 Å². The molecule has 15 heteroatoms. The average molecular weight is 959 g/mol. The van der Waals surface area contributed by atoms with Crippen molar-refractivity contribution in [1.82, 2.24) is 19.2 Å². The Bertz CT molecular complexity index is 3000. The number of piperidine rings is 1. The molecule has 68 heavy (non-hydrogen) atoms. The zero-order valence-electron chi connectivity index (χ0n) is 38.8. The van der Waals surface area contributed by atoms with E-state index in [4.69, 9.17) is 30.8 Å². The van der Waals surface area contributed by atoms with Crippen molar-refractivity contribution in [3.8, 4) is 5.75 Å². The number of anilines is 1. The van der Waals surface area contributed by atoms with Crippen molar-refractivity contribution < 1.29 is 37.0 Å². The second-order valence-electron chi connectivity index (χ2n) is 17.3. The molecule has 2 aromatic heterocycles. The molecular formula is C53H56ClN5O8S. The van der Waals surface area contributed by atoms with Gasteiger partial charge in [0.05, 0.1) is 24.3 Å². The highest BCUT2D eigenvalue weighted by Gasteiger charge is 2.28. The molecule has 3 amide bonds. The van der Waals surface area contributed by atoms with Gasteiger partial charge in [-0.05, 0) is 153 Å². The van der Waals surface area contributed by atoms with E-state index in [0.717, 1.165) is 84.1 Å². The van der Waals surface area contributed by atoms with Crippen LogP contribution in [0.25, 0.3) is 16.5 Å². The van der Waals surface area contributed by atoms with Gasteiger partial charge in [-0.15, -0.1) is 0 Å². The molecule has 4 aromatic carbocycles. The Kier molecular flexibility index (Phi) is 14.9. The van der Waals surface area contributed by atoms with Crippen LogP contribution in [-0.4, -0.2) is 73.9 Å². The lowest BCUT2D eigenvalue weighted by molar-refractivity contribution is 0.0979. The van der Waals surface area contributed by atoms with Crippen LogP contribution >= 0.6 is 11.6 Å². The summed E-state index contributed by atoms with van der Waals surface area (Å²) in [7, 11) is -0.583. The van der Waals surface area contributed by atoms with E-state index in [-0.39, 0.29) is 22.7 Å². The summed E-state index contributed by atoms with van der Waals surface area (Å²) in [5.74, 6) is -0.291. The number of methoxy groups -OCH3 is 1. The summed E-state index contributed by atoms with van der Waals surface area (Å²) in [5, 5.41) is 4.58. The molecule has 1 saturated heterocycles. The number of likely N-dealkylation sites (tertiary alicyclic amines) is 1. The first-order valence-electron chi connectivity index (χ1n) is 23.0. The number of nitrogens with one attached hydrogen (secondary N) is 2. The van der Waals surface area contributed by atoms with Crippen LogP contribution in [0.15, 0.2) is 114 Å². The zero-order valence-corrected chi connectivity index (χ0v) is 40.3. The highest BCUT2D eigenvalue weighted by Crippen LogP contribution is 2.39. The number of benzene rings is 4. The molecule has 3 aliphatic rings. The minimum atomic E-state index is -4.04. The smallest absolute Gasteiger partial charge is 0.411 e. The Morgan fingerprint density at radius 3 is 2.38 bits per heavy atom. The molecule has 354 valence electrons. The van der Waals surface area contributed by atoms with Gasteiger partial charge in [-0.25, -0.2) is 22.7 Å². The molecule has 0 radical (unpaired) electrons. The summed E-state index contributed by atoms with van der Waals surface area (Å²) < 4.78 is 46.1. The molecule has 2 aliphatic carbocycles. The van der Waals surface area contributed by atoms with Crippen molar-refractivity contribution in [3.05, 3.63) is 159 Å². The van der Waals surface area contributed by atoms with Crippen molar-refractivity contribution in [3.63, 3.8) is 0 Å². The number of rotatable bonds is 9. The van der Waals surface area contributed by atoms with Gasteiger partial charge in [0.25, 0.3) is 15.9 Å². The van der Waals surface area contributed by atoms with E-state index in [1.807, 2.05) is 61.3 Å². The fourth-order valence-corrected chi connectivity index (χ4v) is 10.8. The number of aryl methyl sites for hydroxylation is 4. The largest absolute Gasteiger partial charge is 0.496 e. The second kappa shape index (κ2) is 21.1. The van der Waals surface area contributed by atoms with Gasteiger partial charge < -0.3 is 23.7 Å². The van der Waals surface area contributed by atoms with Gasteiger partial charge in [0.2, 0.25) is 0 Å². The maximum Gasteiger partial charge on any atom is 0.411 e. The van der Waals surface area contributed by atoms with Gasteiger partial charge in [-0.3, -0.25) is 15.1 Å². The number of ether oxygens (including phenoxy) is 3. The highest BCUT2D eigenvalue weighted by atomic mass is 35.5. The lowest BCUT2D eigenvalue weighted by atomic mass is 9.88. The maximum atomic E-state index is 12.9. The summed E-state index contributed by atoms with van der Waals surface area (Å²) in [6.07, 6.45) is 11.3. The van der Waals surface area contributed by atoms with Crippen LogP contribution in [0.3, 0.4) is 0 Å². The number of hydrogen-bond donors (Lipinski definition) is 2. The van der Waals surface area contributed by atoms with E-state index in [2.05, 4.69) is 28.2 Å². The number of aromatic nitrogens is 2. The van der Waals surface area contributed by atoms with Crippen molar-refractivity contribution in [2.45, 2.75) is 82.6 Å². The predicted molar refractivity (Wildman–Crippen MR) is 264 cm³/mol. The first-order chi connectivity index (χ1) is 32.8. The van der Waals surface area contributed by atoms with Gasteiger partial charge in [0, 0.05) is 71.7 Å². The lowest BCUT2D eigenvalue weighted by Crippen LogP contribution is -2.37. The van der Waals surface area contributed by atoms with E-state index in [1.165, 1.54) is 47.1 Å². The summed E-state index contributed by atoms with van der Waals surface area (Å²) in [5.41, 5.74) is 11.6. The third-order valence-corrected chi connectivity index (χ3v) is 14.5. The number of fused-ring (bicyclic) bond motifs is 3. The minimum Gasteiger partial charge on any atom is -0.496 e. The molecule has 1 aliphatic heterocycles. The number of pyridine rings is 1. The molecule has 13 nitrogen and oxygen atoms in total. The number of amides is 3. The third-order valence-electron chi connectivity index (χ3n) is 12.8. The van der Waals surface area contributed by atoms with E-state index in [9.17, 15) is 22.8 Å². The molecule has 0 spiro atoms. The van der Waals surface area contributed by atoms with Gasteiger partial charge in [-0.1, -0.05) is 53.6 Å². The summed E-state index contributed by atoms with van der Waals surface area (Å²) in [4.78, 5) is 43.9. The quantitative estimate of drug-likeness (QED) is 0.144. The van der Waals surface area contributed by atoms with Crippen LogP contribution in [0.4, 0.5) is 15.3 Å². The standard InChI is InChI=1S/C31H33N3O6S.C22H23ClN2O2/c1-20-8-4-7-11-29(20)41(37,38)33-30(35)22-13-12-21(28(17-22)39-3)16-23-19-34(2)27-15-14-24(18-26(23)27)32-31(36)40-25-9-5-6-10-25;1-2-27-22(26)25-12-9-15(10-13-25)20-19-8-7-18(23)14-17(19)6-5-16-4-3-11-24-21(16)20/h4,7-8,11-15,17-19,25H,5-6,9-10,16H2,1-3H3,(H,32,36)(H,33,35);3-4,7-8,11,14H,2,5-6,9-10,12-13H2,1H3. The van der Waals surface area contributed by atoms with Gasteiger partial charge in [0.1, 0.15) is 11.9 Å². The van der Waals surface area contributed by atoms with E-state index < -0.39 is 22.0 Å². The molecule has 9 rings (SSSR count). The topological polar surface area (TPSA) is 158 Å². The fourth-order valence-electron chi connectivity index (χ4n) is 9.39. The average Bonchev–Trinajstić information content (AvgIpc) is 3.91. The molecule has 3 heterocycles. The second-order valence-corrected chi connectivity index (χ2v) is 19.4. The van der Waals surface area contributed by atoms with Gasteiger partial charge in [0.15, 0.2) is 0 Å². The van der Waals surface area contributed by atoms with Crippen LogP contribution in [0.1, 0.15) is 94.9 Å². The lowest BCUT2D eigenvalue weighted by Gasteiger charge is -2.29. The Labute approximate surface area is 402 Å². The molecule has 2 fully saturated rings. The first-order valence-corrected chi connectivity index (χ1v) is 24.9. The van der Waals surface area contributed by atoms with Crippen molar-refractivity contribution >= 4 is 61.9 Å². The van der Waals surface area contributed by atoms with Crippen LogP contribution in [0.2, 0.25) is 5.02 Å². The third kappa shape index (κ3) is 10.9. The van der Waals surface area contributed by atoms with Gasteiger partial charge >= 0.3 is 12.2 Å². The zero-order chi connectivity index (χ0) is 48.0. The molecular weight excluding hydrogens is 902 g/mol. The van der Waals surface area contributed by atoms with E-state index in [1.54, 1.807) is 42.2 Å². The maximum absolute atomic E-state index is 12.9. The summed E-state index contributed by atoms with van der Waals surface area (Å²) >= 11 is 6.27. The Hall–Kier alpha value is -6.64. The summed E-state index contributed by atoms with van der Waals surface area (Å²) in [6, 6.07) is 27.4. The fraction of sp³-hybridized carbons (Fsp3) is 0.321. The molecule has 6 aromatic rings. The van der Waals surface area contributed by atoms with Crippen LogP contribution in [0, 0.1) is 6.92 Å². The monoisotopic (exact) mass is 957 g/mol. The number of carbonyl (C=O) groups excluding carboxylic acids is 3. The van der Waals surface area contributed by atoms with Crippen molar-refractivity contribution in [2.24, 2.45) is 7.05 Å². The molecule has 0 unspecified atom stereocenters. The molecule has 2 N–H and O–H groups in total. The number of nitrogens with zero attached hydrogens (tertiary/aromatic N) is 3. The molecule has 0 atom stereocenters. The van der Waals surface area contributed by atoms with Crippen LogP contribution in [-0.2, 0) is 45.8 Å². The Morgan fingerprint density at radius 2 is 1.63 bits per heavy atom. The number of sulfonamides is 1. The van der Waals surface area contributed by atoms with Crippen LogP contribution < -0.4 is 14.8 Å². The normalized spacial score (nSPS) is 14.8. The Balaban J connectivity index is 0.000000200. The SMILES string of the molecule is CCOC(=O)N1CCC(=C2c3ccc(Cl)cc3CCc3cccnc32)CC1.COc1cc(C(=O)NS(=O)(=O)c2ccccc2C)ccc1Cc1cn(C)c2ccc(NC(=O)OC3CCCC3)cc12. The van der Waals surface area contributed by atoms with Gasteiger partial charge in [-0.2, -0.15) is 0 Å². The first kappa shape index (κ1) is 47.8.